The number of hydrogen-bond donors (Lipinski definition) is 0. The summed E-state index contributed by atoms with van der Waals surface area (Å²) in [6.07, 6.45) is 5.55. The zero-order valence-electron chi connectivity index (χ0n) is 17.8. The van der Waals surface area contributed by atoms with E-state index in [0.717, 1.165) is 31.2 Å². The maximum atomic E-state index is 12.2. The highest BCUT2D eigenvalue weighted by molar-refractivity contribution is 6.32. The van der Waals surface area contributed by atoms with E-state index in [-0.39, 0.29) is 18.1 Å². The van der Waals surface area contributed by atoms with Crippen molar-refractivity contribution in [3.63, 3.8) is 0 Å². The third-order valence-electron chi connectivity index (χ3n) is 6.13. The van der Waals surface area contributed by atoms with Gasteiger partial charge in [-0.15, -0.1) is 0 Å². The summed E-state index contributed by atoms with van der Waals surface area (Å²) in [5.74, 6) is -0.329. The van der Waals surface area contributed by atoms with Crippen molar-refractivity contribution in [1.29, 1.82) is 0 Å². The van der Waals surface area contributed by atoms with Crippen molar-refractivity contribution in [3.8, 4) is 5.75 Å². The summed E-state index contributed by atoms with van der Waals surface area (Å²) in [5, 5.41) is 0.385. The first-order valence-corrected chi connectivity index (χ1v) is 10.8. The van der Waals surface area contributed by atoms with Gasteiger partial charge in [-0.05, 0) is 63.1 Å². The van der Waals surface area contributed by atoms with Crippen LogP contribution in [0.25, 0.3) is 0 Å². The number of ketones is 1. The lowest BCUT2D eigenvalue weighted by Gasteiger charge is -2.41. The molecule has 0 aromatic heterocycles. The molecule has 0 radical (unpaired) electrons. The van der Waals surface area contributed by atoms with Gasteiger partial charge < -0.3 is 14.2 Å². The molecule has 7 heteroatoms. The van der Waals surface area contributed by atoms with Crippen LogP contribution in [0, 0.1) is 5.92 Å². The van der Waals surface area contributed by atoms with Gasteiger partial charge in [-0.1, -0.05) is 30.5 Å². The number of hydrogen-bond acceptors (Lipinski definition) is 6. The zero-order valence-corrected chi connectivity index (χ0v) is 18.5. The first-order valence-electron chi connectivity index (χ1n) is 10.4. The second kappa shape index (κ2) is 8.96. The standard InChI is InChI=1S/C23H29ClO6/c1-22(2,21(27)28-3)29-19-9-8-15(12-18(19)24)10-11-23(16-6-4-5-7-16)14-17(25)13-20(26)30-23/h8-9,12,16H,4-7,10-11,13-14H2,1-3H3. The molecule has 2 fully saturated rings. The Balaban J connectivity index is 1.73. The maximum Gasteiger partial charge on any atom is 0.349 e. The number of Topliss-reactive ketones (excluding diaryl/α,β-unsaturated/α-hetero) is 1. The van der Waals surface area contributed by atoms with E-state index in [1.165, 1.54) is 7.11 Å². The van der Waals surface area contributed by atoms with Crippen LogP contribution in [0.4, 0.5) is 0 Å². The van der Waals surface area contributed by atoms with E-state index in [0.29, 0.717) is 30.0 Å². The Labute approximate surface area is 182 Å². The van der Waals surface area contributed by atoms with Crippen molar-refractivity contribution in [2.75, 3.05) is 7.11 Å². The van der Waals surface area contributed by atoms with Crippen molar-refractivity contribution in [1.82, 2.24) is 0 Å². The van der Waals surface area contributed by atoms with Gasteiger partial charge >= 0.3 is 11.9 Å². The lowest BCUT2D eigenvalue weighted by molar-refractivity contribution is -0.178. The van der Waals surface area contributed by atoms with Gasteiger partial charge in [-0.3, -0.25) is 9.59 Å². The molecular formula is C23H29ClO6. The number of halogens is 1. The minimum Gasteiger partial charge on any atom is -0.475 e. The SMILES string of the molecule is COC(=O)C(C)(C)Oc1ccc(CCC2(C3CCCC3)CC(=O)CC(=O)O2)cc1Cl. The molecule has 6 nitrogen and oxygen atoms in total. The van der Waals surface area contributed by atoms with Gasteiger partial charge in [0.1, 0.15) is 23.6 Å². The van der Waals surface area contributed by atoms with E-state index in [2.05, 4.69) is 0 Å². The van der Waals surface area contributed by atoms with Crippen molar-refractivity contribution in [3.05, 3.63) is 28.8 Å². The Kier molecular flexibility index (Phi) is 6.75. The Morgan fingerprint density at radius 1 is 1.27 bits per heavy atom. The van der Waals surface area contributed by atoms with Gasteiger partial charge in [0.15, 0.2) is 5.60 Å². The highest BCUT2D eigenvalue weighted by Gasteiger charge is 2.47. The molecule has 30 heavy (non-hydrogen) atoms. The van der Waals surface area contributed by atoms with Gasteiger partial charge in [0.2, 0.25) is 0 Å². The summed E-state index contributed by atoms with van der Waals surface area (Å²) in [6, 6.07) is 5.39. The monoisotopic (exact) mass is 436 g/mol. The second-order valence-corrected chi connectivity index (χ2v) is 9.19. The number of cyclic esters (lactones) is 1. The van der Waals surface area contributed by atoms with Crippen molar-refractivity contribution in [2.45, 2.75) is 76.4 Å². The molecule has 1 aromatic carbocycles. The summed E-state index contributed by atoms with van der Waals surface area (Å²) >= 11 is 6.40. The second-order valence-electron chi connectivity index (χ2n) is 8.78. The van der Waals surface area contributed by atoms with Crippen LogP contribution in [-0.4, -0.2) is 36.0 Å². The third-order valence-corrected chi connectivity index (χ3v) is 6.42. The van der Waals surface area contributed by atoms with E-state index >= 15 is 0 Å². The summed E-state index contributed by atoms with van der Waals surface area (Å²) in [6.45, 7) is 3.23. The van der Waals surface area contributed by atoms with E-state index < -0.39 is 23.1 Å². The lowest BCUT2D eigenvalue weighted by Crippen LogP contribution is -2.48. The molecule has 1 saturated heterocycles. The smallest absolute Gasteiger partial charge is 0.349 e. The highest BCUT2D eigenvalue weighted by Crippen LogP contribution is 2.44. The average molecular weight is 437 g/mol. The number of benzene rings is 1. The molecule has 2 aliphatic rings. The summed E-state index contributed by atoms with van der Waals surface area (Å²) < 4.78 is 16.3. The highest BCUT2D eigenvalue weighted by atomic mass is 35.5. The van der Waals surface area contributed by atoms with Crippen molar-refractivity contribution in [2.24, 2.45) is 5.92 Å². The normalized spacial score (nSPS) is 22.7. The number of aryl methyl sites for hydroxylation is 1. The zero-order chi connectivity index (χ0) is 21.9. The van der Waals surface area contributed by atoms with Gasteiger partial charge in [0.25, 0.3) is 0 Å². The van der Waals surface area contributed by atoms with Crippen LogP contribution in [0.15, 0.2) is 18.2 Å². The van der Waals surface area contributed by atoms with Crippen LogP contribution in [0.1, 0.15) is 64.4 Å². The van der Waals surface area contributed by atoms with Crippen LogP contribution >= 0.6 is 11.6 Å². The summed E-state index contributed by atoms with van der Waals surface area (Å²) in [7, 11) is 1.31. The molecule has 1 aliphatic carbocycles. The summed E-state index contributed by atoms with van der Waals surface area (Å²) in [4.78, 5) is 36.1. The lowest BCUT2D eigenvalue weighted by atomic mass is 9.76. The molecule has 0 bridgehead atoms. The van der Waals surface area contributed by atoms with Gasteiger partial charge in [0.05, 0.1) is 12.1 Å². The molecule has 1 unspecified atom stereocenters. The van der Waals surface area contributed by atoms with Crippen LogP contribution in [0.5, 0.6) is 5.75 Å². The predicted molar refractivity (Wildman–Crippen MR) is 112 cm³/mol. The van der Waals surface area contributed by atoms with Gasteiger partial charge in [0, 0.05) is 6.42 Å². The van der Waals surface area contributed by atoms with Crippen LogP contribution in [0.2, 0.25) is 5.02 Å². The molecule has 0 N–H and O–H groups in total. The average Bonchev–Trinajstić information content (AvgIpc) is 3.22. The Hall–Kier alpha value is -2.08. The van der Waals surface area contributed by atoms with E-state index in [1.54, 1.807) is 26.0 Å². The molecule has 1 aliphatic heterocycles. The topological polar surface area (TPSA) is 78.9 Å². The molecule has 0 amide bonds. The third kappa shape index (κ3) is 4.97. The number of carbonyl (C=O) groups excluding carboxylic acids is 3. The number of rotatable bonds is 7. The first kappa shape index (κ1) is 22.6. The number of ether oxygens (including phenoxy) is 3. The summed E-state index contributed by atoms with van der Waals surface area (Å²) in [5.41, 5.74) is -0.921. The quantitative estimate of drug-likeness (QED) is 0.464. The van der Waals surface area contributed by atoms with Gasteiger partial charge in [-0.25, -0.2) is 4.79 Å². The molecule has 3 rings (SSSR count). The van der Waals surface area contributed by atoms with Crippen molar-refractivity contribution < 1.29 is 28.6 Å². The molecule has 1 atom stereocenters. The predicted octanol–water partition coefficient (Wildman–Crippen LogP) is 4.44. The number of esters is 2. The Morgan fingerprint density at radius 3 is 2.57 bits per heavy atom. The molecule has 0 spiro atoms. The maximum absolute atomic E-state index is 12.2. The Bertz CT molecular complexity index is 809. The molecule has 1 aromatic rings. The van der Waals surface area contributed by atoms with Crippen LogP contribution in [-0.2, 0) is 30.3 Å². The molecule has 164 valence electrons. The van der Waals surface area contributed by atoms with Crippen LogP contribution in [0.3, 0.4) is 0 Å². The van der Waals surface area contributed by atoms with Crippen LogP contribution < -0.4 is 4.74 Å². The molecule has 1 saturated carbocycles. The van der Waals surface area contributed by atoms with E-state index in [1.807, 2.05) is 6.07 Å². The number of carbonyl (C=O) groups is 3. The molecule has 1 heterocycles. The van der Waals surface area contributed by atoms with Crippen molar-refractivity contribution >= 4 is 29.3 Å². The van der Waals surface area contributed by atoms with E-state index in [9.17, 15) is 14.4 Å². The molecular weight excluding hydrogens is 408 g/mol. The van der Waals surface area contributed by atoms with E-state index in [4.69, 9.17) is 25.8 Å². The Morgan fingerprint density at radius 2 is 1.97 bits per heavy atom. The number of methoxy groups -OCH3 is 1. The fourth-order valence-corrected chi connectivity index (χ4v) is 4.82. The minimum absolute atomic E-state index is 0.0371. The fraction of sp³-hybridized carbons (Fsp3) is 0.609. The first-order chi connectivity index (χ1) is 14.1. The largest absolute Gasteiger partial charge is 0.475 e. The minimum atomic E-state index is -1.16. The fourth-order valence-electron chi connectivity index (χ4n) is 4.58. The van der Waals surface area contributed by atoms with Gasteiger partial charge in [-0.2, -0.15) is 0 Å².